The average Bonchev–Trinajstić information content (AvgIpc) is 2.68. The highest BCUT2D eigenvalue weighted by Gasteiger charge is 2.06. The molecule has 2 aromatic rings. The summed E-state index contributed by atoms with van der Waals surface area (Å²) >= 11 is 0. The minimum Gasteiger partial charge on any atom is -0.345 e. The van der Waals surface area contributed by atoms with E-state index >= 15 is 0 Å². The lowest BCUT2D eigenvalue weighted by atomic mass is 10.1. The SMILES string of the molecule is Cc1nc(C=O)c(CCc2ccccc2)[nH]1. The molecule has 0 atom stereocenters. The van der Waals surface area contributed by atoms with Gasteiger partial charge in [-0.05, 0) is 25.3 Å². The number of benzene rings is 1. The molecule has 0 aliphatic carbocycles. The fraction of sp³-hybridized carbons (Fsp3) is 0.231. The number of nitrogens with one attached hydrogen (secondary N) is 1. The molecule has 0 aliphatic rings. The molecule has 0 radical (unpaired) electrons. The molecule has 0 spiro atoms. The zero-order chi connectivity index (χ0) is 11.4. The van der Waals surface area contributed by atoms with Gasteiger partial charge in [-0.1, -0.05) is 30.3 Å². The number of H-pyrrole nitrogens is 1. The van der Waals surface area contributed by atoms with Crippen molar-refractivity contribution in [1.29, 1.82) is 0 Å². The van der Waals surface area contributed by atoms with Crippen LogP contribution in [0.4, 0.5) is 0 Å². The van der Waals surface area contributed by atoms with Crippen LogP contribution in [0.25, 0.3) is 0 Å². The Balaban J connectivity index is 2.07. The molecule has 0 bridgehead atoms. The third-order valence-electron chi connectivity index (χ3n) is 2.55. The summed E-state index contributed by atoms with van der Waals surface area (Å²) in [4.78, 5) is 18.0. The Morgan fingerprint density at radius 3 is 2.69 bits per heavy atom. The number of aryl methyl sites for hydroxylation is 3. The molecule has 16 heavy (non-hydrogen) atoms. The molecule has 0 amide bonds. The van der Waals surface area contributed by atoms with Crippen LogP contribution in [0, 0.1) is 6.92 Å². The predicted molar refractivity (Wildman–Crippen MR) is 62.6 cm³/mol. The van der Waals surface area contributed by atoms with Crippen LogP contribution in [0.15, 0.2) is 30.3 Å². The Bertz CT molecular complexity index is 474. The van der Waals surface area contributed by atoms with Crippen molar-refractivity contribution >= 4 is 6.29 Å². The molecule has 3 nitrogen and oxygen atoms in total. The fourth-order valence-corrected chi connectivity index (χ4v) is 1.76. The molecule has 82 valence electrons. The Labute approximate surface area is 94.5 Å². The quantitative estimate of drug-likeness (QED) is 0.794. The molecule has 1 aromatic carbocycles. The Morgan fingerprint density at radius 1 is 1.25 bits per heavy atom. The van der Waals surface area contributed by atoms with Gasteiger partial charge in [-0.25, -0.2) is 4.98 Å². The number of rotatable bonds is 4. The maximum atomic E-state index is 10.8. The lowest BCUT2D eigenvalue weighted by molar-refractivity contribution is 0.111. The van der Waals surface area contributed by atoms with Gasteiger partial charge in [0.05, 0.1) is 0 Å². The Hall–Kier alpha value is -1.90. The first-order chi connectivity index (χ1) is 7.79. The van der Waals surface area contributed by atoms with E-state index in [-0.39, 0.29) is 0 Å². The van der Waals surface area contributed by atoms with Crippen LogP contribution in [0.3, 0.4) is 0 Å². The van der Waals surface area contributed by atoms with Crippen LogP contribution < -0.4 is 0 Å². The second kappa shape index (κ2) is 4.75. The van der Waals surface area contributed by atoms with E-state index in [4.69, 9.17) is 0 Å². The van der Waals surface area contributed by atoms with Gasteiger partial charge in [0, 0.05) is 5.69 Å². The van der Waals surface area contributed by atoms with Gasteiger partial charge in [0.2, 0.25) is 0 Å². The van der Waals surface area contributed by atoms with Crippen molar-refractivity contribution in [3.63, 3.8) is 0 Å². The standard InChI is InChI=1S/C13H14N2O/c1-10-14-12(13(9-16)15-10)8-7-11-5-3-2-4-6-11/h2-6,9H,7-8H2,1H3,(H,14,15). The number of aromatic nitrogens is 2. The molecule has 1 aromatic heterocycles. The summed E-state index contributed by atoms with van der Waals surface area (Å²) in [5.74, 6) is 0.796. The first-order valence-corrected chi connectivity index (χ1v) is 5.34. The Kier molecular flexibility index (Phi) is 3.15. The van der Waals surface area contributed by atoms with Crippen molar-refractivity contribution in [2.24, 2.45) is 0 Å². The molecule has 0 fully saturated rings. The second-order valence-electron chi connectivity index (χ2n) is 3.79. The highest BCUT2D eigenvalue weighted by Crippen LogP contribution is 2.08. The summed E-state index contributed by atoms with van der Waals surface area (Å²) in [6.45, 7) is 1.86. The van der Waals surface area contributed by atoms with Gasteiger partial charge in [0.1, 0.15) is 11.5 Å². The van der Waals surface area contributed by atoms with Crippen molar-refractivity contribution in [3.05, 3.63) is 53.1 Å². The van der Waals surface area contributed by atoms with E-state index in [1.165, 1.54) is 5.56 Å². The highest BCUT2D eigenvalue weighted by molar-refractivity contribution is 5.73. The lowest BCUT2D eigenvalue weighted by Crippen LogP contribution is -1.95. The molecule has 0 aliphatic heterocycles. The third-order valence-corrected chi connectivity index (χ3v) is 2.55. The first-order valence-electron chi connectivity index (χ1n) is 5.34. The van der Waals surface area contributed by atoms with Crippen molar-refractivity contribution in [2.45, 2.75) is 19.8 Å². The number of carbonyl (C=O) groups is 1. The van der Waals surface area contributed by atoms with Gasteiger partial charge in [0.15, 0.2) is 6.29 Å². The largest absolute Gasteiger partial charge is 0.345 e. The molecule has 1 N–H and O–H groups in total. The van der Waals surface area contributed by atoms with Gasteiger partial charge in [-0.3, -0.25) is 4.79 Å². The van der Waals surface area contributed by atoms with E-state index < -0.39 is 0 Å². The second-order valence-corrected chi connectivity index (χ2v) is 3.79. The summed E-state index contributed by atoms with van der Waals surface area (Å²) in [6, 6.07) is 10.2. The maximum absolute atomic E-state index is 10.8. The summed E-state index contributed by atoms with van der Waals surface area (Å²) in [5.41, 5.74) is 2.73. The predicted octanol–water partition coefficient (Wildman–Crippen LogP) is 2.32. The van der Waals surface area contributed by atoms with Gasteiger partial charge in [0.25, 0.3) is 0 Å². The summed E-state index contributed by atoms with van der Waals surface area (Å²) < 4.78 is 0. The van der Waals surface area contributed by atoms with E-state index in [2.05, 4.69) is 22.1 Å². The van der Waals surface area contributed by atoms with E-state index in [0.717, 1.165) is 30.6 Å². The van der Waals surface area contributed by atoms with Crippen molar-refractivity contribution in [3.8, 4) is 0 Å². The van der Waals surface area contributed by atoms with Gasteiger partial charge < -0.3 is 4.98 Å². The molecular formula is C13H14N2O. The number of hydrogen-bond donors (Lipinski definition) is 1. The van der Waals surface area contributed by atoms with E-state index in [9.17, 15) is 4.79 Å². The molecule has 0 saturated heterocycles. The topological polar surface area (TPSA) is 45.8 Å². The number of hydrogen-bond acceptors (Lipinski definition) is 2. The zero-order valence-electron chi connectivity index (χ0n) is 9.23. The number of nitrogens with zero attached hydrogens (tertiary/aromatic N) is 1. The highest BCUT2D eigenvalue weighted by atomic mass is 16.1. The molecule has 2 rings (SSSR count). The molecular weight excluding hydrogens is 200 g/mol. The van der Waals surface area contributed by atoms with Crippen LogP contribution in [0.5, 0.6) is 0 Å². The van der Waals surface area contributed by atoms with E-state index in [1.807, 2.05) is 25.1 Å². The first kappa shape index (κ1) is 10.6. The smallest absolute Gasteiger partial charge is 0.170 e. The molecule has 0 saturated carbocycles. The Morgan fingerprint density at radius 2 is 2.00 bits per heavy atom. The maximum Gasteiger partial charge on any atom is 0.170 e. The third kappa shape index (κ3) is 2.37. The number of imidazole rings is 1. The van der Waals surface area contributed by atoms with Crippen molar-refractivity contribution < 1.29 is 4.79 Å². The summed E-state index contributed by atoms with van der Waals surface area (Å²) in [7, 11) is 0. The number of carbonyl (C=O) groups excluding carboxylic acids is 1. The lowest BCUT2D eigenvalue weighted by Gasteiger charge is -1.99. The minimum absolute atomic E-state index is 0.536. The van der Waals surface area contributed by atoms with Crippen LogP contribution in [0.1, 0.15) is 27.6 Å². The monoisotopic (exact) mass is 214 g/mol. The van der Waals surface area contributed by atoms with Gasteiger partial charge >= 0.3 is 0 Å². The molecule has 3 heteroatoms. The van der Waals surface area contributed by atoms with Crippen LogP contribution in [0.2, 0.25) is 0 Å². The minimum atomic E-state index is 0.536. The average molecular weight is 214 g/mol. The normalized spacial score (nSPS) is 10.3. The van der Waals surface area contributed by atoms with Crippen LogP contribution in [-0.2, 0) is 12.8 Å². The van der Waals surface area contributed by atoms with Gasteiger partial charge in [-0.2, -0.15) is 0 Å². The molecule has 0 unspecified atom stereocenters. The number of aldehydes is 1. The number of aromatic amines is 1. The zero-order valence-corrected chi connectivity index (χ0v) is 9.23. The van der Waals surface area contributed by atoms with Gasteiger partial charge in [-0.15, -0.1) is 0 Å². The fourth-order valence-electron chi connectivity index (χ4n) is 1.76. The van der Waals surface area contributed by atoms with Crippen LogP contribution in [-0.4, -0.2) is 16.3 Å². The van der Waals surface area contributed by atoms with Crippen molar-refractivity contribution in [1.82, 2.24) is 9.97 Å². The van der Waals surface area contributed by atoms with Crippen molar-refractivity contribution in [2.75, 3.05) is 0 Å². The summed E-state index contributed by atoms with van der Waals surface area (Å²) in [6.07, 6.45) is 2.55. The van der Waals surface area contributed by atoms with Crippen LogP contribution >= 0.6 is 0 Å². The molecule has 1 heterocycles. The van der Waals surface area contributed by atoms with E-state index in [0.29, 0.717) is 5.69 Å². The summed E-state index contributed by atoms with van der Waals surface area (Å²) in [5, 5.41) is 0. The van der Waals surface area contributed by atoms with E-state index in [1.54, 1.807) is 0 Å².